The van der Waals surface area contributed by atoms with Gasteiger partial charge >= 0.3 is 0 Å². The Morgan fingerprint density at radius 3 is 2.80 bits per heavy atom. The predicted octanol–water partition coefficient (Wildman–Crippen LogP) is 3.08. The summed E-state index contributed by atoms with van der Waals surface area (Å²) in [6.07, 6.45) is 0.833. The van der Waals surface area contributed by atoms with E-state index < -0.39 is 0 Å². The van der Waals surface area contributed by atoms with Crippen LogP contribution in [0.3, 0.4) is 0 Å². The zero-order valence-corrected chi connectivity index (χ0v) is 9.32. The molecule has 2 rings (SSSR count). The Morgan fingerprint density at radius 1 is 1.47 bits per heavy atom. The van der Waals surface area contributed by atoms with Crippen LogP contribution < -0.4 is 0 Å². The maximum Gasteiger partial charge on any atom is 0.158 e. The molecule has 0 fully saturated rings. The molecule has 0 unspecified atom stereocenters. The van der Waals surface area contributed by atoms with Crippen molar-refractivity contribution in [3.63, 3.8) is 0 Å². The summed E-state index contributed by atoms with van der Waals surface area (Å²) in [6.45, 7) is 4.01. The van der Waals surface area contributed by atoms with Crippen LogP contribution in [0.4, 0.5) is 0 Å². The van der Waals surface area contributed by atoms with E-state index in [1.807, 2.05) is 26.0 Å². The number of aldehydes is 1. The fraction of sp³-hybridized carbons (Fsp3) is 0.273. The lowest BCUT2D eigenvalue weighted by molar-refractivity contribution is 0.112. The number of carbonyl (C=O) groups excluding carboxylic acids is 1. The molecule has 0 radical (unpaired) electrons. The van der Waals surface area contributed by atoms with Crippen LogP contribution >= 0.6 is 11.6 Å². The Balaban J connectivity index is 2.88. The molecule has 0 bridgehead atoms. The van der Waals surface area contributed by atoms with Crippen LogP contribution in [-0.4, -0.2) is 16.1 Å². The fourth-order valence-corrected chi connectivity index (χ4v) is 1.88. The van der Waals surface area contributed by atoms with E-state index in [9.17, 15) is 4.79 Å². The second kappa shape index (κ2) is 3.66. The number of hydrogen-bond acceptors (Lipinski definition) is 2. The van der Waals surface area contributed by atoms with Crippen molar-refractivity contribution in [3.8, 4) is 0 Å². The van der Waals surface area contributed by atoms with E-state index in [0.29, 0.717) is 10.7 Å². The molecule has 0 atom stereocenters. The third-order valence-corrected chi connectivity index (χ3v) is 2.61. The molecule has 1 aromatic carbocycles. The molecule has 0 saturated heterocycles. The number of halogens is 1. The van der Waals surface area contributed by atoms with Gasteiger partial charge in [0.2, 0.25) is 0 Å². The van der Waals surface area contributed by atoms with Crippen LogP contribution in [0, 0.1) is 0 Å². The quantitative estimate of drug-likeness (QED) is 0.732. The third kappa shape index (κ3) is 1.53. The Kier molecular flexibility index (Phi) is 2.49. The number of benzene rings is 1. The molecule has 15 heavy (non-hydrogen) atoms. The van der Waals surface area contributed by atoms with Crippen molar-refractivity contribution in [1.29, 1.82) is 0 Å². The molecule has 4 heteroatoms. The molecule has 0 spiro atoms. The van der Waals surface area contributed by atoms with Gasteiger partial charge in [-0.1, -0.05) is 17.7 Å². The van der Waals surface area contributed by atoms with E-state index in [2.05, 4.69) is 5.10 Å². The fourth-order valence-electron chi connectivity index (χ4n) is 1.65. The van der Waals surface area contributed by atoms with Crippen LogP contribution in [0.1, 0.15) is 30.2 Å². The van der Waals surface area contributed by atoms with E-state index in [-0.39, 0.29) is 6.04 Å². The Morgan fingerprint density at radius 2 is 2.20 bits per heavy atom. The molecule has 78 valence electrons. The zero-order valence-electron chi connectivity index (χ0n) is 8.57. The third-order valence-electron chi connectivity index (χ3n) is 2.33. The molecule has 0 aliphatic carbocycles. The zero-order chi connectivity index (χ0) is 11.0. The molecule has 3 nitrogen and oxygen atoms in total. The van der Waals surface area contributed by atoms with Crippen molar-refractivity contribution < 1.29 is 4.79 Å². The monoisotopic (exact) mass is 222 g/mol. The van der Waals surface area contributed by atoms with Gasteiger partial charge in [0, 0.05) is 17.0 Å². The number of aromatic nitrogens is 2. The maximum atomic E-state index is 10.9. The molecule has 0 N–H and O–H groups in total. The normalized spacial score (nSPS) is 11.2. The molecular weight excluding hydrogens is 212 g/mol. The molecule has 1 aromatic heterocycles. The average molecular weight is 223 g/mol. The summed E-state index contributed by atoms with van der Waals surface area (Å²) < 4.78 is 1.78. The number of para-hydroxylation sites is 1. The minimum atomic E-state index is 0.182. The summed E-state index contributed by atoms with van der Waals surface area (Å²) in [7, 11) is 0. The van der Waals surface area contributed by atoms with Gasteiger partial charge in [-0.05, 0) is 26.0 Å². The van der Waals surface area contributed by atoms with Gasteiger partial charge in [0.05, 0.1) is 5.52 Å². The standard InChI is InChI=1S/C11H11ClN2O/c1-7(2)14-10-8(6-15)4-3-5-9(10)11(12)13-14/h3-7H,1-2H3. The summed E-state index contributed by atoms with van der Waals surface area (Å²) in [5.74, 6) is 0. The predicted molar refractivity (Wildman–Crippen MR) is 60.5 cm³/mol. The number of hydrogen-bond donors (Lipinski definition) is 0. The lowest BCUT2D eigenvalue weighted by atomic mass is 10.1. The molecular formula is C11H11ClN2O. The summed E-state index contributed by atoms with van der Waals surface area (Å²) in [4.78, 5) is 10.9. The van der Waals surface area contributed by atoms with Crippen molar-refractivity contribution in [1.82, 2.24) is 9.78 Å². The first-order chi connectivity index (χ1) is 7.15. The van der Waals surface area contributed by atoms with Gasteiger partial charge in [0.15, 0.2) is 11.4 Å². The molecule has 0 aliphatic rings. The molecule has 1 heterocycles. The van der Waals surface area contributed by atoms with Crippen molar-refractivity contribution in [3.05, 3.63) is 28.9 Å². The topological polar surface area (TPSA) is 34.9 Å². The Labute approximate surface area is 92.6 Å². The van der Waals surface area contributed by atoms with E-state index in [0.717, 1.165) is 17.2 Å². The van der Waals surface area contributed by atoms with Crippen LogP contribution in [-0.2, 0) is 0 Å². The number of rotatable bonds is 2. The summed E-state index contributed by atoms with van der Waals surface area (Å²) in [5, 5.41) is 5.50. The van der Waals surface area contributed by atoms with Gasteiger partial charge in [0.25, 0.3) is 0 Å². The number of fused-ring (bicyclic) bond motifs is 1. The van der Waals surface area contributed by atoms with E-state index in [4.69, 9.17) is 11.6 Å². The first kappa shape index (κ1) is 10.2. The highest BCUT2D eigenvalue weighted by atomic mass is 35.5. The van der Waals surface area contributed by atoms with E-state index in [1.165, 1.54) is 0 Å². The molecule has 0 saturated carbocycles. The molecule has 0 amide bonds. The highest BCUT2D eigenvalue weighted by Crippen LogP contribution is 2.27. The first-order valence-corrected chi connectivity index (χ1v) is 5.15. The lowest BCUT2D eigenvalue weighted by Crippen LogP contribution is -2.03. The van der Waals surface area contributed by atoms with Crippen LogP contribution in [0.2, 0.25) is 5.15 Å². The Hall–Kier alpha value is -1.35. The average Bonchev–Trinajstić information content (AvgIpc) is 2.56. The smallest absolute Gasteiger partial charge is 0.158 e. The number of carbonyl (C=O) groups is 1. The maximum absolute atomic E-state index is 10.9. The second-order valence-corrected chi connectivity index (χ2v) is 4.05. The minimum Gasteiger partial charge on any atom is -0.298 e. The summed E-state index contributed by atoms with van der Waals surface area (Å²) >= 11 is 6.00. The van der Waals surface area contributed by atoms with Gasteiger partial charge in [-0.15, -0.1) is 0 Å². The summed E-state index contributed by atoms with van der Waals surface area (Å²) in [6, 6.07) is 5.63. The van der Waals surface area contributed by atoms with E-state index in [1.54, 1.807) is 10.7 Å². The van der Waals surface area contributed by atoms with Gasteiger partial charge in [-0.25, -0.2) is 0 Å². The van der Waals surface area contributed by atoms with Crippen molar-refractivity contribution >= 4 is 28.8 Å². The largest absolute Gasteiger partial charge is 0.298 e. The highest BCUT2D eigenvalue weighted by molar-refractivity contribution is 6.34. The van der Waals surface area contributed by atoms with Crippen LogP contribution in [0.25, 0.3) is 10.9 Å². The van der Waals surface area contributed by atoms with Crippen molar-refractivity contribution in [2.45, 2.75) is 19.9 Å². The second-order valence-electron chi connectivity index (χ2n) is 3.69. The van der Waals surface area contributed by atoms with Crippen LogP contribution in [0.5, 0.6) is 0 Å². The SMILES string of the molecule is CC(C)n1nc(Cl)c2cccc(C=O)c21. The molecule has 2 aromatic rings. The number of nitrogens with zero attached hydrogens (tertiary/aromatic N) is 2. The molecule has 0 aliphatic heterocycles. The van der Waals surface area contributed by atoms with Crippen LogP contribution in [0.15, 0.2) is 18.2 Å². The van der Waals surface area contributed by atoms with Gasteiger partial charge in [-0.3, -0.25) is 9.48 Å². The first-order valence-electron chi connectivity index (χ1n) is 4.77. The van der Waals surface area contributed by atoms with Gasteiger partial charge in [-0.2, -0.15) is 5.10 Å². The lowest BCUT2D eigenvalue weighted by Gasteiger charge is -2.07. The Bertz CT molecular complexity index is 517. The summed E-state index contributed by atoms with van der Waals surface area (Å²) in [5.41, 5.74) is 1.44. The minimum absolute atomic E-state index is 0.182. The highest BCUT2D eigenvalue weighted by Gasteiger charge is 2.13. The van der Waals surface area contributed by atoms with Crippen molar-refractivity contribution in [2.75, 3.05) is 0 Å². The van der Waals surface area contributed by atoms with Crippen molar-refractivity contribution in [2.24, 2.45) is 0 Å². The van der Waals surface area contributed by atoms with Gasteiger partial charge < -0.3 is 0 Å². The van der Waals surface area contributed by atoms with Gasteiger partial charge in [0.1, 0.15) is 0 Å². The van der Waals surface area contributed by atoms with E-state index >= 15 is 0 Å².